The van der Waals surface area contributed by atoms with Crippen LogP contribution in [0.2, 0.25) is 0 Å². The lowest BCUT2D eigenvalue weighted by atomic mass is 10.1. The van der Waals surface area contributed by atoms with Crippen molar-refractivity contribution in [1.29, 1.82) is 0 Å². The van der Waals surface area contributed by atoms with Crippen LogP contribution < -0.4 is 16.0 Å². The minimum absolute atomic E-state index is 0.151. The summed E-state index contributed by atoms with van der Waals surface area (Å²) in [6.45, 7) is 1.59. The molecule has 2 amide bonds. The maximum Gasteiger partial charge on any atom is 0.243 e. The van der Waals surface area contributed by atoms with Crippen LogP contribution in [0.4, 0.5) is 17.1 Å². The summed E-state index contributed by atoms with van der Waals surface area (Å²) >= 11 is 0. The number of benzene rings is 3. The number of carbonyl (C=O) groups excluding carboxylic acids is 2. The molecule has 0 aromatic heterocycles. The van der Waals surface area contributed by atoms with E-state index in [1.807, 2.05) is 42.5 Å². The zero-order chi connectivity index (χ0) is 17.6. The van der Waals surface area contributed by atoms with Crippen molar-refractivity contribution in [1.82, 2.24) is 0 Å². The van der Waals surface area contributed by atoms with Gasteiger partial charge in [0.1, 0.15) is 0 Å². The number of nitrogens with one attached hydrogen (secondary N) is 3. The Balaban J connectivity index is 1.64. The van der Waals surface area contributed by atoms with Gasteiger partial charge in [0.25, 0.3) is 0 Å². The number of hydrogen-bond acceptors (Lipinski definition) is 3. The van der Waals surface area contributed by atoms with E-state index < -0.39 is 0 Å². The van der Waals surface area contributed by atoms with E-state index in [4.69, 9.17) is 0 Å². The van der Waals surface area contributed by atoms with Crippen molar-refractivity contribution in [2.45, 2.75) is 6.92 Å². The van der Waals surface area contributed by atoms with Gasteiger partial charge in [0.15, 0.2) is 0 Å². The topological polar surface area (TPSA) is 70.2 Å². The van der Waals surface area contributed by atoms with Gasteiger partial charge in [-0.15, -0.1) is 0 Å². The Labute approximate surface area is 146 Å². The molecular weight excluding hydrogens is 314 g/mol. The largest absolute Gasteiger partial charge is 0.376 e. The van der Waals surface area contributed by atoms with Crippen LogP contribution in [0, 0.1) is 0 Å². The first-order valence-corrected chi connectivity index (χ1v) is 8.01. The van der Waals surface area contributed by atoms with E-state index >= 15 is 0 Å². The Morgan fingerprint density at radius 3 is 2.32 bits per heavy atom. The number of anilines is 3. The maximum absolute atomic E-state index is 12.2. The van der Waals surface area contributed by atoms with Gasteiger partial charge in [-0.3, -0.25) is 9.59 Å². The molecule has 0 aliphatic rings. The highest BCUT2D eigenvalue weighted by molar-refractivity contribution is 5.98. The zero-order valence-corrected chi connectivity index (χ0v) is 13.9. The Bertz CT molecular complexity index is 916. The van der Waals surface area contributed by atoms with Crippen molar-refractivity contribution < 1.29 is 9.59 Å². The quantitative estimate of drug-likeness (QED) is 0.664. The van der Waals surface area contributed by atoms with E-state index in [0.29, 0.717) is 11.4 Å². The van der Waals surface area contributed by atoms with Crippen LogP contribution in [0.5, 0.6) is 0 Å². The third-order valence-electron chi connectivity index (χ3n) is 3.70. The lowest BCUT2D eigenvalue weighted by Crippen LogP contribution is -2.21. The SMILES string of the molecule is CC(=O)Nc1cccc(NC(=O)CNc2cccc3ccccc23)c1. The first-order chi connectivity index (χ1) is 12.1. The Morgan fingerprint density at radius 2 is 1.52 bits per heavy atom. The van der Waals surface area contributed by atoms with Crippen LogP contribution >= 0.6 is 0 Å². The highest BCUT2D eigenvalue weighted by atomic mass is 16.2. The van der Waals surface area contributed by atoms with Crippen molar-refractivity contribution in [2.24, 2.45) is 0 Å². The molecule has 3 aromatic carbocycles. The number of fused-ring (bicyclic) bond motifs is 1. The van der Waals surface area contributed by atoms with Crippen LogP contribution in [-0.4, -0.2) is 18.4 Å². The van der Waals surface area contributed by atoms with E-state index in [9.17, 15) is 9.59 Å². The molecule has 0 fully saturated rings. The average Bonchev–Trinajstić information content (AvgIpc) is 2.59. The van der Waals surface area contributed by atoms with Gasteiger partial charge >= 0.3 is 0 Å². The fourth-order valence-electron chi connectivity index (χ4n) is 2.64. The van der Waals surface area contributed by atoms with E-state index in [0.717, 1.165) is 16.5 Å². The normalized spacial score (nSPS) is 10.3. The van der Waals surface area contributed by atoms with Crippen molar-refractivity contribution in [3.63, 3.8) is 0 Å². The minimum Gasteiger partial charge on any atom is -0.376 e. The minimum atomic E-state index is -0.159. The summed E-state index contributed by atoms with van der Waals surface area (Å²) in [5, 5.41) is 10.9. The van der Waals surface area contributed by atoms with Crippen molar-refractivity contribution in [2.75, 3.05) is 22.5 Å². The fraction of sp³-hybridized carbons (Fsp3) is 0.100. The molecule has 0 saturated heterocycles. The van der Waals surface area contributed by atoms with Gasteiger partial charge in [-0.25, -0.2) is 0 Å². The van der Waals surface area contributed by atoms with E-state index in [1.165, 1.54) is 6.92 Å². The van der Waals surface area contributed by atoms with Gasteiger partial charge in [0, 0.05) is 29.4 Å². The maximum atomic E-state index is 12.2. The summed E-state index contributed by atoms with van der Waals surface area (Å²) in [4.78, 5) is 23.3. The smallest absolute Gasteiger partial charge is 0.243 e. The molecule has 126 valence electrons. The summed E-state index contributed by atoms with van der Waals surface area (Å²) < 4.78 is 0. The van der Waals surface area contributed by atoms with Gasteiger partial charge in [-0.05, 0) is 29.7 Å². The highest BCUT2D eigenvalue weighted by Gasteiger charge is 2.05. The molecule has 0 saturated carbocycles. The molecule has 0 radical (unpaired) electrons. The van der Waals surface area contributed by atoms with E-state index in [-0.39, 0.29) is 18.4 Å². The molecule has 25 heavy (non-hydrogen) atoms. The van der Waals surface area contributed by atoms with Crippen molar-refractivity contribution in [3.05, 3.63) is 66.7 Å². The van der Waals surface area contributed by atoms with Gasteiger partial charge in [0.2, 0.25) is 11.8 Å². The molecular formula is C20H19N3O2. The van der Waals surface area contributed by atoms with Crippen molar-refractivity contribution in [3.8, 4) is 0 Å². The van der Waals surface area contributed by atoms with Gasteiger partial charge < -0.3 is 16.0 Å². The summed E-state index contributed by atoms with van der Waals surface area (Å²) in [5.74, 6) is -0.311. The molecule has 3 N–H and O–H groups in total. The van der Waals surface area contributed by atoms with Crippen LogP contribution in [0.15, 0.2) is 66.7 Å². The molecule has 0 unspecified atom stereocenters. The standard InChI is InChI=1S/C20H19N3O2/c1-14(24)22-16-8-5-9-17(12-16)23-20(25)13-21-19-11-4-7-15-6-2-3-10-18(15)19/h2-12,21H,13H2,1H3,(H,22,24)(H,23,25). The zero-order valence-electron chi connectivity index (χ0n) is 13.9. The average molecular weight is 333 g/mol. The van der Waals surface area contributed by atoms with Crippen LogP contribution in [-0.2, 0) is 9.59 Å². The predicted octanol–water partition coefficient (Wildman–Crippen LogP) is 3.85. The lowest BCUT2D eigenvalue weighted by molar-refractivity contribution is -0.115. The third-order valence-corrected chi connectivity index (χ3v) is 3.70. The first kappa shape index (κ1) is 16.5. The fourth-order valence-corrected chi connectivity index (χ4v) is 2.64. The molecule has 3 rings (SSSR count). The monoisotopic (exact) mass is 333 g/mol. The molecule has 0 atom stereocenters. The summed E-state index contributed by atoms with van der Waals surface area (Å²) in [5.41, 5.74) is 2.20. The second-order valence-corrected chi connectivity index (χ2v) is 5.69. The summed E-state index contributed by atoms with van der Waals surface area (Å²) in [6, 6.07) is 21.0. The number of hydrogen-bond donors (Lipinski definition) is 3. The molecule has 5 nitrogen and oxygen atoms in total. The van der Waals surface area contributed by atoms with E-state index in [2.05, 4.69) is 16.0 Å². The van der Waals surface area contributed by atoms with Crippen LogP contribution in [0.25, 0.3) is 10.8 Å². The number of amides is 2. The second kappa shape index (κ2) is 7.49. The predicted molar refractivity (Wildman–Crippen MR) is 102 cm³/mol. The Kier molecular flexibility index (Phi) is 4.95. The third kappa shape index (κ3) is 4.35. The van der Waals surface area contributed by atoms with Crippen LogP contribution in [0.1, 0.15) is 6.92 Å². The number of rotatable bonds is 5. The molecule has 5 heteroatoms. The molecule has 0 heterocycles. The lowest BCUT2D eigenvalue weighted by Gasteiger charge is -2.11. The highest BCUT2D eigenvalue weighted by Crippen LogP contribution is 2.22. The Morgan fingerprint density at radius 1 is 0.840 bits per heavy atom. The molecule has 0 spiro atoms. The summed E-state index contributed by atoms with van der Waals surface area (Å²) in [7, 11) is 0. The van der Waals surface area contributed by atoms with Gasteiger partial charge in [-0.2, -0.15) is 0 Å². The van der Waals surface area contributed by atoms with Crippen LogP contribution in [0.3, 0.4) is 0 Å². The molecule has 0 bridgehead atoms. The first-order valence-electron chi connectivity index (χ1n) is 8.01. The van der Waals surface area contributed by atoms with Gasteiger partial charge in [-0.1, -0.05) is 42.5 Å². The Hall–Kier alpha value is -3.34. The molecule has 0 aliphatic heterocycles. The van der Waals surface area contributed by atoms with Crippen molar-refractivity contribution >= 4 is 39.6 Å². The van der Waals surface area contributed by atoms with E-state index in [1.54, 1.807) is 24.3 Å². The molecule has 3 aromatic rings. The summed E-state index contributed by atoms with van der Waals surface area (Å²) in [6.07, 6.45) is 0. The molecule has 0 aliphatic carbocycles. The number of carbonyl (C=O) groups is 2. The second-order valence-electron chi connectivity index (χ2n) is 5.69. The van der Waals surface area contributed by atoms with Gasteiger partial charge in [0.05, 0.1) is 6.54 Å².